The van der Waals surface area contributed by atoms with E-state index in [4.69, 9.17) is 16.0 Å². The van der Waals surface area contributed by atoms with Gasteiger partial charge in [-0.15, -0.1) is 11.6 Å². The molecule has 0 aliphatic carbocycles. The topological polar surface area (TPSA) is 50.5 Å². The molecule has 2 heterocycles. The molecular formula is C13H20ClNO3S. The summed E-state index contributed by atoms with van der Waals surface area (Å²) >= 11 is 5.68. The first kappa shape index (κ1) is 14.9. The highest BCUT2D eigenvalue weighted by molar-refractivity contribution is 7.89. The fraction of sp³-hybridized carbons (Fsp3) is 0.692. The van der Waals surface area contributed by atoms with Gasteiger partial charge < -0.3 is 4.42 Å². The number of hydrogen-bond donors (Lipinski definition) is 0. The number of hydrogen-bond acceptors (Lipinski definition) is 3. The van der Waals surface area contributed by atoms with Crippen molar-refractivity contribution in [1.82, 2.24) is 4.31 Å². The lowest BCUT2D eigenvalue weighted by Crippen LogP contribution is -2.38. The Morgan fingerprint density at radius 3 is 2.53 bits per heavy atom. The van der Waals surface area contributed by atoms with Crippen LogP contribution in [0.3, 0.4) is 0 Å². The van der Waals surface area contributed by atoms with Crippen molar-refractivity contribution < 1.29 is 12.8 Å². The highest BCUT2D eigenvalue weighted by atomic mass is 35.5. The van der Waals surface area contributed by atoms with Crippen molar-refractivity contribution in [2.45, 2.75) is 43.9 Å². The molecular weight excluding hydrogens is 286 g/mol. The summed E-state index contributed by atoms with van der Waals surface area (Å²) in [6.07, 6.45) is 3.00. The van der Waals surface area contributed by atoms with Gasteiger partial charge in [-0.1, -0.05) is 13.3 Å². The van der Waals surface area contributed by atoms with Crippen LogP contribution in [-0.4, -0.2) is 25.8 Å². The highest BCUT2D eigenvalue weighted by Crippen LogP contribution is 2.28. The Balaban J connectivity index is 2.20. The number of alkyl halides is 1. The van der Waals surface area contributed by atoms with Crippen molar-refractivity contribution in [2.75, 3.05) is 13.1 Å². The van der Waals surface area contributed by atoms with Gasteiger partial charge in [-0.25, -0.2) is 8.42 Å². The van der Waals surface area contributed by atoms with E-state index in [-0.39, 0.29) is 10.8 Å². The molecule has 1 aliphatic heterocycles. The lowest BCUT2D eigenvalue weighted by Gasteiger charge is -2.30. The molecule has 1 aromatic rings. The first-order valence-electron chi connectivity index (χ1n) is 6.64. The van der Waals surface area contributed by atoms with Crippen LogP contribution in [0.4, 0.5) is 0 Å². The summed E-state index contributed by atoms with van der Waals surface area (Å²) in [6.45, 7) is 5.02. The quantitative estimate of drug-likeness (QED) is 0.803. The van der Waals surface area contributed by atoms with E-state index < -0.39 is 10.0 Å². The van der Waals surface area contributed by atoms with Crippen LogP contribution in [0, 0.1) is 12.8 Å². The maximum absolute atomic E-state index is 12.6. The molecule has 1 fully saturated rings. The largest absolute Gasteiger partial charge is 0.464 e. The third-order valence-corrected chi connectivity index (χ3v) is 6.09. The predicted octanol–water partition coefficient (Wildman–Crippen LogP) is 3.14. The Morgan fingerprint density at radius 2 is 2.05 bits per heavy atom. The predicted molar refractivity (Wildman–Crippen MR) is 74.8 cm³/mol. The Labute approximate surface area is 119 Å². The first-order valence-corrected chi connectivity index (χ1v) is 8.62. The van der Waals surface area contributed by atoms with E-state index in [1.165, 1.54) is 0 Å². The zero-order valence-electron chi connectivity index (χ0n) is 11.4. The maximum atomic E-state index is 12.6. The highest BCUT2D eigenvalue weighted by Gasteiger charge is 2.31. The number of piperidine rings is 1. The Hall–Kier alpha value is -0.520. The number of furan rings is 1. The van der Waals surface area contributed by atoms with Crippen molar-refractivity contribution in [2.24, 2.45) is 5.92 Å². The van der Waals surface area contributed by atoms with Crippen LogP contribution in [-0.2, 0) is 15.9 Å². The molecule has 1 aromatic heterocycles. The van der Waals surface area contributed by atoms with Gasteiger partial charge >= 0.3 is 0 Å². The number of aryl methyl sites for hydroxylation is 1. The molecule has 0 amide bonds. The third kappa shape index (κ3) is 2.98. The summed E-state index contributed by atoms with van der Waals surface area (Å²) in [4.78, 5) is 0.262. The molecule has 19 heavy (non-hydrogen) atoms. The van der Waals surface area contributed by atoms with Crippen LogP contribution in [0.15, 0.2) is 15.4 Å². The van der Waals surface area contributed by atoms with Crippen molar-refractivity contribution in [1.29, 1.82) is 0 Å². The van der Waals surface area contributed by atoms with Crippen molar-refractivity contribution in [3.8, 4) is 0 Å². The molecule has 0 radical (unpaired) electrons. The molecule has 0 N–H and O–H groups in total. The van der Waals surface area contributed by atoms with Crippen molar-refractivity contribution in [3.05, 3.63) is 17.6 Å². The average molecular weight is 306 g/mol. The molecule has 6 heteroatoms. The second-order valence-corrected chi connectivity index (χ2v) is 7.20. The number of rotatable bonds is 4. The molecule has 1 saturated heterocycles. The molecule has 0 spiro atoms. The Bertz CT molecular complexity index is 530. The summed E-state index contributed by atoms with van der Waals surface area (Å²) in [7, 11) is -3.43. The van der Waals surface area contributed by atoms with Crippen LogP contribution in [0.2, 0.25) is 0 Å². The van der Waals surface area contributed by atoms with Gasteiger partial charge in [0.25, 0.3) is 0 Å². The molecule has 0 saturated carbocycles. The minimum Gasteiger partial charge on any atom is -0.464 e. The third-order valence-electron chi connectivity index (χ3n) is 3.82. The second kappa shape index (κ2) is 5.85. The molecule has 108 valence electrons. The van der Waals surface area contributed by atoms with Crippen LogP contribution < -0.4 is 0 Å². The maximum Gasteiger partial charge on any atom is 0.246 e. The summed E-state index contributed by atoms with van der Waals surface area (Å²) in [6, 6.07) is 1.55. The van der Waals surface area contributed by atoms with Gasteiger partial charge in [-0.05, 0) is 25.7 Å². The molecule has 0 bridgehead atoms. The van der Waals surface area contributed by atoms with Crippen LogP contribution in [0.1, 0.15) is 37.7 Å². The zero-order valence-corrected chi connectivity index (χ0v) is 12.9. The second-order valence-electron chi connectivity index (χ2n) is 5.02. The van der Waals surface area contributed by atoms with E-state index in [1.807, 2.05) is 0 Å². The molecule has 0 unspecified atom stereocenters. The Kier molecular flexibility index (Phi) is 4.58. The van der Waals surface area contributed by atoms with Crippen LogP contribution in [0.25, 0.3) is 0 Å². The monoisotopic (exact) mass is 305 g/mol. The minimum atomic E-state index is -3.43. The molecule has 0 aromatic carbocycles. The molecule has 1 aliphatic rings. The number of halogens is 1. The van der Waals surface area contributed by atoms with Gasteiger partial charge in [0.2, 0.25) is 10.0 Å². The van der Waals surface area contributed by atoms with Gasteiger partial charge in [0.1, 0.15) is 16.4 Å². The van der Waals surface area contributed by atoms with E-state index in [0.29, 0.717) is 30.5 Å². The molecule has 2 rings (SSSR count). The minimum absolute atomic E-state index is 0.189. The van der Waals surface area contributed by atoms with E-state index in [1.54, 1.807) is 17.3 Å². The fourth-order valence-corrected chi connectivity index (χ4v) is 4.33. The molecule has 4 nitrogen and oxygen atoms in total. The normalized spacial score (nSPS) is 18.9. The first-order chi connectivity index (χ1) is 8.98. The average Bonchev–Trinajstić information content (AvgIpc) is 2.81. The van der Waals surface area contributed by atoms with E-state index in [0.717, 1.165) is 19.3 Å². The van der Waals surface area contributed by atoms with Gasteiger partial charge in [-0.3, -0.25) is 0 Å². The van der Waals surface area contributed by atoms with Crippen LogP contribution >= 0.6 is 11.6 Å². The summed E-state index contributed by atoms with van der Waals surface area (Å²) in [5.41, 5.74) is 0. The Morgan fingerprint density at radius 1 is 1.42 bits per heavy atom. The SMILES string of the molecule is CCC1CCN(S(=O)(=O)c2cc(CCl)oc2C)CC1. The van der Waals surface area contributed by atoms with E-state index in [9.17, 15) is 8.42 Å². The zero-order chi connectivity index (χ0) is 14.0. The summed E-state index contributed by atoms with van der Waals surface area (Å²) < 4.78 is 32.0. The summed E-state index contributed by atoms with van der Waals surface area (Å²) in [5.74, 6) is 1.76. The van der Waals surface area contributed by atoms with Crippen molar-refractivity contribution >= 4 is 21.6 Å². The van der Waals surface area contributed by atoms with Gasteiger partial charge in [-0.2, -0.15) is 4.31 Å². The number of sulfonamides is 1. The van der Waals surface area contributed by atoms with Gasteiger partial charge in [0.15, 0.2) is 0 Å². The van der Waals surface area contributed by atoms with Gasteiger partial charge in [0, 0.05) is 19.2 Å². The smallest absolute Gasteiger partial charge is 0.246 e. The fourth-order valence-electron chi connectivity index (χ4n) is 2.54. The van der Waals surface area contributed by atoms with E-state index >= 15 is 0 Å². The molecule has 0 atom stereocenters. The van der Waals surface area contributed by atoms with Crippen molar-refractivity contribution in [3.63, 3.8) is 0 Å². The van der Waals surface area contributed by atoms with Gasteiger partial charge in [0.05, 0.1) is 5.88 Å². The number of nitrogens with zero attached hydrogens (tertiary/aromatic N) is 1. The van der Waals surface area contributed by atoms with E-state index in [2.05, 4.69) is 6.92 Å². The lowest BCUT2D eigenvalue weighted by atomic mass is 9.96. The van der Waals surface area contributed by atoms with Crippen LogP contribution in [0.5, 0.6) is 0 Å². The standard InChI is InChI=1S/C13H20ClNO3S/c1-3-11-4-6-15(7-5-11)19(16,17)13-8-12(9-14)18-10(13)2/h8,11H,3-7,9H2,1-2H3. The lowest BCUT2D eigenvalue weighted by molar-refractivity contribution is 0.268. The summed E-state index contributed by atoms with van der Waals surface area (Å²) in [5, 5.41) is 0.